The Hall–Kier alpha value is -4.26. The normalized spacial score (nSPS) is 12.4. The highest BCUT2D eigenvalue weighted by Crippen LogP contribution is 2.34. The predicted octanol–water partition coefficient (Wildman–Crippen LogP) is 4.21. The predicted molar refractivity (Wildman–Crippen MR) is 135 cm³/mol. The number of nitrogens with zero attached hydrogens (tertiary/aromatic N) is 1. The minimum atomic E-state index is -0.211. The van der Waals surface area contributed by atoms with E-state index < -0.39 is 0 Å². The van der Waals surface area contributed by atoms with Crippen molar-refractivity contribution in [1.29, 1.82) is 0 Å². The number of carbonyl (C=O) groups is 1. The van der Waals surface area contributed by atoms with Gasteiger partial charge in [0.25, 0.3) is 5.56 Å². The van der Waals surface area contributed by atoms with Gasteiger partial charge in [-0.05, 0) is 42.0 Å². The number of methoxy groups -OCH3 is 1. The molecule has 1 N–H and O–H groups in total. The molecule has 0 saturated carbocycles. The van der Waals surface area contributed by atoms with Gasteiger partial charge < -0.3 is 24.1 Å². The van der Waals surface area contributed by atoms with Crippen molar-refractivity contribution in [3.8, 4) is 17.2 Å². The Kier molecular flexibility index (Phi) is 6.39. The van der Waals surface area contributed by atoms with Crippen molar-refractivity contribution in [3.05, 3.63) is 94.3 Å². The number of Topliss-reactive ketones (excluding diaryl/α,β-unsaturated/α-hetero) is 1. The molecule has 3 aromatic carbocycles. The Morgan fingerprint density at radius 3 is 2.51 bits per heavy atom. The first-order chi connectivity index (χ1) is 17.1. The molecule has 0 amide bonds. The molecular weight excluding hydrogens is 444 g/mol. The number of anilines is 1. The highest BCUT2D eigenvalue weighted by atomic mass is 16.6. The number of hydrogen-bond acceptors (Lipinski definition) is 6. The lowest BCUT2D eigenvalue weighted by Crippen LogP contribution is -2.29. The smallest absolute Gasteiger partial charge is 0.256 e. The number of pyridine rings is 1. The molecule has 0 bridgehead atoms. The van der Waals surface area contributed by atoms with Gasteiger partial charge in [0.1, 0.15) is 19.0 Å². The minimum absolute atomic E-state index is 0.0502. The topological polar surface area (TPSA) is 78.8 Å². The Labute approximate surface area is 202 Å². The Bertz CT molecular complexity index is 1430. The second-order valence-electron chi connectivity index (χ2n) is 8.40. The molecule has 0 radical (unpaired) electrons. The van der Waals surface area contributed by atoms with Gasteiger partial charge in [0.2, 0.25) is 0 Å². The van der Waals surface area contributed by atoms with E-state index in [0.717, 1.165) is 16.6 Å². The molecule has 0 unspecified atom stereocenters. The summed E-state index contributed by atoms with van der Waals surface area (Å²) in [7, 11) is 1.59. The van der Waals surface area contributed by atoms with Crippen molar-refractivity contribution in [2.75, 3.05) is 25.6 Å². The highest BCUT2D eigenvalue weighted by molar-refractivity contribution is 5.87. The molecule has 0 fully saturated rings. The van der Waals surface area contributed by atoms with E-state index in [9.17, 15) is 9.59 Å². The molecule has 35 heavy (non-hydrogen) atoms. The Balaban J connectivity index is 1.50. The highest BCUT2D eigenvalue weighted by Gasteiger charge is 2.18. The van der Waals surface area contributed by atoms with Gasteiger partial charge in [0.15, 0.2) is 17.3 Å². The lowest BCUT2D eigenvalue weighted by Gasteiger charge is -2.21. The third-order valence-electron chi connectivity index (χ3n) is 5.96. The third kappa shape index (κ3) is 4.99. The Morgan fingerprint density at radius 2 is 1.74 bits per heavy atom. The molecule has 0 atom stereocenters. The monoisotopic (exact) mass is 470 g/mol. The number of nitrogens with one attached hydrogen (secondary N) is 1. The number of aromatic nitrogens is 1. The molecule has 4 aromatic rings. The second-order valence-corrected chi connectivity index (χ2v) is 8.40. The van der Waals surface area contributed by atoms with E-state index in [1.807, 2.05) is 66.7 Å². The van der Waals surface area contributed by atoms with Crippen LogP contribution >= 0.6 is 0 Å². The maximum absolute atomic E-state index is 13.5. The molecule has 0 saturated heterocycles. The molecule has 1 aliphatic heterocycles. The molecule has 1 aliphatic rings. The molecule has 5 rings (SSSR count). The summed E-state index contributed by atoms with van der Waals surface area (Å²) in [4.78, 5) is 26.6. The fraction of sp³-hybridized carbons (Fsp3) is 0.214. The van der Waals surface area contributed by atoms with Gasteiger partial charge in [-0.1, -0.05) is 30.3 Å². The van der Waals surface area contributed by atoms with Crippen LogP contribution in [-0.4, -0.2) is 30.7 Å². The number of ether oxygens (including phenoxy) is 3. The van der Waals surface area contributed by atoms with Crippen molar-refractivity contribution in [2.24, 2.45) is 0 Å². The van der Waals surface area contributed by atoms with E-state index in [4.69, 9.17) is 14.2 Å². The number of benzene rings is 3. The maximum atomic E-state index is 13.5. The van der Waals surface area contributed by atoms with Crippen LogP contribution in [0.2, 0.25) is 0 Å². The van der Waals surface area contributed by atoms with Crippen LogP contribution in [0.25, 0.3) is 10.9 Å². The van der Waals surface area contributed by atoms with Gasteiger partial charge in [-0.2, -0.15) is 0 Å². The molecule has 178 valence electrons. The summed E-state index contributed by atoms with van der Waals surface area (Å²) < 4.78 is 18.3. The summed E-state index contributed by atoms with van der Waals surface area (Å²) in [5.74, 6) is 1.83. The summed E-state index contributed by atoms with van der Waals surface area (Å²) in [5, 5.41) is 4.11. The van der Waals surface area contributed by atoms with Crippen molar-refractivity contribution >= 4 is 22.4 Å². The summed E-state index contributed by atoms with van der Waals surface area (Å²) in [6.07, 6.45) is 0.197. The number of rotatable bonds is 8. The van der Waals surface area contributed by atoms with E-state index in [1.165, 1.54) is 4.57 Å². The van der Waals surface area contributed by atoms with Crippen LogP contribution in [0.5, 0.6) is 17.2 Å². The summed E-state index contributed by atoms with van der Waals surface area (Å²) in [6.45, 7) is 1.19. The van der Waals surface area contributed by atoms with E-state index in [0.29, 0.717) is 48.1 Å². The SMILES string of the molecule is COc1cccc(CC(=O)Cn2c(=O)c(CNc3ccccc3)cc3cc4c(cc32)OCCO4)c1. The zero-order valence-corrected chi connectivity index (χ0v) is 19.5. The van der Waals surface area contributed by atoms with E-state index >= 15 is 0 Å². The molecule has 0 aliphatic carbocycles. The third-order valence-corrected chi connectivity index (χ3v) is 5.96. The van der Waals surface area contributed by atoms with Gasteiger partial charge in [-0.15, -0.1) is 0 Å². The summed E-state index contributed by atoms with van der Waals surface area (Å²) >= 11 is 0. The van der Waals surface area contributed by atoms with E-state index in [2.05, 4.69) is 5.32 Å². The van der Waals surface area contributed by atoms with Crippen molar-refractivity contribution in [3.63, 3.8) is 0 Å². The molecule has 7 heteroatoms. The number of para-hydroxylation sites is 1. The number of ketones is 1. The van der Waals surface area contributed by atoms with Crippen LogP contribution < -0.4 is 25.1 Å². The number of carbonyl (C=O) groups excluding carboxylic acids is 1. The van der Waals surface area contributed by atoms with Gasteiger partial charge in [0.05, 0.1) is 19.2 Å². The molecule has 0 spiro atoms. The minimum Gasteiger partial charge on any atom is -0.497 e. The van der Waals surface area contributed by atoms with Crippen LogP contribution in [0.4, 0.5) is 5.69 Å². The standard InChI is InChI=1S/C28H26N2O5/c1-33-24-9-5-6-19(13-24)12-23(31)18-30-25-16-27-26(34-10-11-35-27)15-20(25)14-21(28(30)32)17-29-22-7-3-2-4-8-22/h2-9,13-16,29H,10-12,17-18H2,1H3. The van der Waals surface area contributed by atoms with Crippen LogP contribution in [0.1, 0.15) is 11.1 Å². The Morgan fingerprint density at radius 1 is 0.971 bits per heavy atom. The maximum Gasteiger partial charge on any atom is 0.256 e. The molecule has 1 aromatic heterocycles. The zero-order chi connectivity index (χ0) is 24.2. The lowest BCUT2D eigenvalue weighted by molar-refractivity contribution is -0.119. The van der Waals surface area contributed by atoms with Gasteiger partial charge in [-0.25, -0.2) is 0 Å². The van der Waals surface area contributed by atoms with Crippen LogP contribution in [-0.2, 0) is 24.3 Å². The average molecular weight is 471 g/mol. The first-order valence-electron chi connectivity index (χ1n) is 11.5. The molecule has 2 heterocycles. The lowest BCUT2D eigenvalue weighted by atomic mass is 10.1. The second kappa shape index (κ2) is 9.93. The van der Waals surface area contributed by atoms with E-state index in [1.54, 1.807) is 13.2 Å². The zero-order valence-electron chi connectivity index (χ0n) is 19.5. The summed E-state index contributed by atoms with van der Waals surface area (Å²) in [5.41, 5.74) is 2.74. The van der Waals surface area contributed by atoms with Crippen molar-refractivity contribution in [2.45, 2.75) is 19.5 Å². The number of hydrogen-bond donors (Lipinski definition) is 1. The van der Waals surface area contributed by atoms with E-state index in [-0.39, 0.29) is 24.3 Å². The first-order valence-corrected chi connectivity index (χ1v) is 11.5. The summed E-state index contributed by atoms with van der Waals surface area (Å²) in [6, 6.07) is 22.6. The van der Waals surface area contributed by atoms with Crippen LogP contribution in [0.15, 0.2) is 77.6 Å². The molecule has 7 nitrogen and oxygen atoms in total. The average Bonchev–Trinajstić information content (AvgIpc) is 2.89. The van der Waals surface area contributed by atoms with Crippen LogP contribution in [0.3, 0.4) is 0 Å². The fourth-order valence-corrected chi connectivity index (χ4v) is 4.25. The largest absolute Gasteiger partial charge is 0.497 e. The number of fused-ring (bicyclic) bond motifs is 2. The van der Waals surface area contributed by atoms with Crippen molar-refractivity contribution < 1.29 is 19.0 Å². The molecular formula is C28H26N2O5. The van der Waals surface area contributed by atoms with Gasteiger partial charge >= 0.3 is 0 Å². The fourth-order valence-electron chi connectivity index (χ4n) is 4.25. The quantitative estimate of drug-likeness (QED) is 0.416. The van der Waals surface area contributed by atoms with Gasteiger partial charge in [-0.3, -0.25) is 9.59 Å². The van der Waals surface area contributed by atoms with Gasteiger partial charge in [0, 0.05) is 35.7 Å². The van der Waals surface area contributed by atoms with Crippen molar-refractivity contribution in [1.82, 2.24) is 4.57 Å². The van der Waals surface area contributed by atoms with Crippen LogP contribution in [0, 0.1) is 0 Å². The first kappa shape index (κ1) is 22.5.